The van der Waals surface area contributed by atoms with E-state index in [1.165, 1.54) is 4.90 Å². The number of benzene rings is 2. The molecule has 1 aromatic heterocycles. The standard InChI is InChI=1S/C24H26N4O2/c1-4-15-27(23(30)18(2)3)17-22(29)26-24-25-21(19-11-7-5-8-12-19)16-28(24)20-13-9-6-10-14-20/h4-14,16,18H,1,15,17H2,2-3H3,(H,25,26,29). The molecule has 30 heavy (non-hydrogen) atoms. The first-order valence-electron chi connectivity index (χ1n) is 9.89. The fourth-order valence-electron chi connectivity index (χ4n) is 3.09. The fourth-order valence-corrected chi connectivity index (χ4v) is 3.09. The molecule has 0 saturated heterocycles. The fraction of sp³-hybridized carbons (Fsp3) is 0.208. The number of carbonyl (C=O) groups excluding carboxylic acids is 2. The zero-order valence-electron chi connectivity index (χ0n) is 17.3. The summed E-state index contributed by atoms with van der Waals surface area (Å²) in [5, 5.41) is 2.87. The molecule has 1 heterocycles. The van der Waals surface area contributed by atoms with Crippen molar-refractivity contribution in [3.05, 3.63) is 79.5 Å². The minimum atomic E-state index is -0.312. The molecule has 1 N–H and O–H groups in total. The van der Waals surface area contributed by atoms with E-state index >= 15 is 0 Å². The molecule has 0 unspecified atom stereocenters. The SMILES string of the molecule is C=CCN(CC(=O)Nc1nc(-c2ccccc2)cn1-c1ccccc1)C(=O)C(C)C. The van der Waals surface area contributed by atoms with Crippen LogP contribution in [0.5, 0.6) is 0 Å². The smallest absolute Gasteiger partial charge is 0.246 e. The number of para-hydroxylation sites is 1. The van der Waals surface area contributed by atoms with Crippen LogP contribution in [-0.2, 0) is 9.59 Å². The Hall–Kier alpha value is -3.67. The molecule has 0 aliphatic rings. The lowest BCUT2D eigenvalue weighted by atomic mass is 10.2. The van der Waals surface area contributed by atoms with Crippen molar-refractivity contribution >= 4 is 17.8 Å². The summed E-state index contributed by atoms with van der Waals surface area (Å²) in [5.74, 6) is -0.205. The van der Waals surface area contributed by atoms with Crippen LogP contribution in [0.3, 0.4) is 0 Å². The summed E-state index contributed by atoms with van der Waals surface area (Å²) < 4.78 is 1.84. The van der Waals surface area contributed by atoms with Crippen LogP contribution in [-0.4, -0.2) is 39.4 Å². The molecule has 0 aliphatic heterocycles. The van der Waals surface area contributed by atoms with Gasteiger partial charge in [-0.25, -0.2) is 4.98 Å². The summed E-state index contributed by atoms with van der Waals surface area (Å²) in [6.45, 7) is 7.55. The van der Waals surface area contributed by atoms with Crippen LogP contribution < -0.4 is 5.32 Å². The summed E-state index contributed by atoms with van der Waals surface area (Å²) in [7, 11) is 0. The van der Waals surface area contributed by atoms with Crippen LogP contribution in [0, 0.1) is 5.92 Å². The Kier molecular flexibility index (Phi) is 6.80. The van der Waals surface area contributed by atoms with Crippen molar-refractivity contribution in [3.8, 4) is 16.9 Å². The number of hydrogen-bond acceptors (Lipinski definition) is 3. The Morgan fingerprint density at radius 2 is 1.73 bits per heavy atom. The van der Waals surface area contributed by atoms with Crippen molar-refractivity contribution in [1.29, 1.82) is 0 Å². The predicted molar refractivity (Wildman–Crippen MR) is 119 cm³/mol. The van der Waals surface area contributed by atoms with Crippen LogP contribution in [0.4, 0.5) is 5.95 Å². The highest BCUT2D eigenvalue weighted by atomic mass is 16.2. The monoisotopic (exact) mass is 402 g/mol. The van der Waals surface area contributed by atoms with Gasteiger partial charge in [0.05, 0.1) is 5.69 Å². The molecule has 6 heteroatoms. The molecule has 0 aliphatic carbocycles. The summed E-state index contributed by atoms with van der Waals surface area (Å²) in [6, 6.07) is 19.4. The lowest BCUT2D eigenvalue weighted by Crippen LogP contribution is -2.40. The Balaban J connectivity index is 1.88. The summed E-state index contributed by atoms with van der Waals surface area (Å²) in [5.41, 5.74) is 2.57. The Labute approximate surface area is 176 Å². The van der Waals surface area contributed by atoms with Crippen LogP contribution in [0.25, 0.3) is 16.9 Å². The highest BCUT2D eigenvalue weighted by Crippen LogP contribution is 2.24. The van der Waals surface area contributed by atoms with Gasteiger partial charge in [0, 0.05) is 29.9 Å². The van der Waals surface area contributed by atoms with Crippen molar-refractivity contribution in [2.75, 3.05) is 18.4 Å². The first-order chi connectivity index (χ1) is 14.5. The van der Waals surface area contributed by atoms with Crippen molar-refractivity contribution in [1.82, 2.24) is 14.5 Å². The van der Waals surface area contributed by atoms with E-state index in [0.29, 0.717) is 12.5 Å². The molecule has 6 nitrogen and oxygen atoms in total. The molecule has 2 aromatic carbocycles. The average molecular weight is 402 g/mol. The van der Waals surface area contributed by atoms with Gasteiger partial charge in [0.1, 0.15) is 6.54 Å². The molecule has 3 aromatic rings. The van der Waals surface area contributed by atoms with Gasteiger partial charge in [-0.05, 0) is 12.1 Å². The second kappa shape index (κ2) is 9.69. The van der Waals surface area contributed by atoms with Gasteiger partial charge < -0.3 is 4.90 Å². The topological polar surface area (TPSA) is 67.2 Å². The summed E-state index contributed by atoms with van der Waals surface area (Å²) >= 11 is 0. The van der Waals surface area contributed by atoms with Crippen LogP contribution in [0.15, 0.2) is 79.5 Å². The molecule has 0 bridgehead atoms. The van der Waals surface area contributed by atoms with Crippen molar-refractivity contribution < 1.29 is 9.59 Å². The van der Waals surface area contributed by atoms with Gasteiger partial charge in [-0.1, -0.05) is 68.5 Å². The molecule has 0 fully saturated rings. The van der Waals surface area contributed by atoms with E-state index in [2.05, 4.69) is 16.9 Å². The summed E-state index contributed by atoms with van der Waals surface area (Å²) in [4.78, 5) is 31.3. The van der Waals surface area contributed by atoms with E-state index in [-0.39, 0.29) is 24.3 Å². The predicted octanol–water partition coefficient (Wildman–Crippen LogP) is 4.15. The second-order valence-corrected chi connectivity index (χ2v) is 7.23. The average Bonchev–Trinajstić information content (AvgIpc) is 3.17. The highest BCUT2D eigenvalue weighted by molar-refractivity contribution is 5.94. The zero-order valence-corrected chi connectivity index (χ0v) is 17.3. The molecule has 2 amide bonds. The third kappa shape index (κ3) is 5.03. The van der Waals surface area contributed by atoms with E-state index in [4.69, 9.17) is 0 Å². The maximum atomic E-state index is 12.8. The molecule has 0 radical (unpaired) electrons. The minimum Gasteiger partial charge on any atom is -0.329 e. The lowest BCUT2D eigenvalue weighted by Gasteiger charge is -2.22. The quantitative estimate of drug-likeness (QED) is 0.576. The van der Waals surface area contributed by atoms with Gasteiger partial charge in [-0.3, -0.25) is 19.5 Å². The van der Waals surface area contributed by atoms with E-state index < -0.39 is 0 Å². The van der Waals surface area contributed by atoms with Crippen LogP contribution in [0.1, 0.15) is 13.8 Å². The number of hydrogen-bond donors (Lipinski definition) is 1. The molecular formula is C24H26N4O2. The number of rotatable bonds is 8. The Morgan fingerprint density at radius 1 is 1.10 bits per heavy atom. The molecule has 154 valence electrons. The number of carbonyl (C=O) groups is 2. The number of imidazole rings is 1. The van der Waals surface area contributed by atoms with E-state index in [0.717, 1.165) is 16.9 Å². The van der Waals surface area contributed by atoms with Gasteiger partial charge in [0.2, 0.25) is 17.8 Å². The van der Waals surface area contributed by atoms with Gasteiger partial charge in [0.15, 0.2) is 0 Å². The van der Waals surface area contributed by atoms with E-state index in [9.17, 15) is 9.59 Å². The largest absolute Gasteiger partial charge is 0.329 e. The molecule has 0 spiro atoms. The lowest BCUT2D eigenvalue weighted by molar-refractivity contribution is -0.136. The second-order valence-electron chi connectivity index (χ2n) is 7.23. The minimum absolute atomic E-state index is 0.0641. The van der Waals surface area contributed by atoms with Crippen molar-refractivity contribution in [2.24, 2.45) is 5.92 Å². The van der Waals surface area contributed by atoms with Crippen molar-refractivity contribution in [3.63, 3.8) is 0 Å². The number of amides is 2. The molecule has 3 rings (SSSR count). The highest BCUT2D eigenvalue weighted by Gasteiger charge is 2.20. The number of nitrogens with one attached hydrogen (secondary N) is 1. The summed E-state index contributed by atoms with van der Waals surface area (Å²) in [6.07, 6.45) is 3.51. The number of aromatic nitrogens is 2. The normalized spacial score (nSPS) is 10.6. The number of anilines is 1. The maximum Gasteiger partial charge on any atom is 0.246 e. The first kappa shape index (κ1) is 21.0. The molecule has 0 saturated carbocycles. The van der Waals surface area contributed by atoms with Crippen LogP contribution in [0.2, 0.25) is 0 Å². The Bertz CT molecular complexity index is 1010. The third-order valence-corrected chi connectivity index (χ3v) is 4.55. The van der Waals surface area contributed by atoms with E-state index in [1.54, 1.807) is 6.08 Å². The molecule has 0 atom stereocenters. The van der Waals surface area contributed by atoms with Gasteiger partial charge in [-0.2, -0.15) is 0 Å². The van der Waals surface area contributed by atoms with Crippen LogP contribution >= 0.6 is 0 Å². The van der Waals surface area contributed by atoms with Gasteiger partial charge in [-0.15, -0.1) is 6.58 Å². The first-order valence-corrected chi connectivity index (χ1v) is 9.89. The Morgan fingerprint density at radius 3 is 2.33 bits per heavy atom. The number of nitrogens with zero attached hydrogens (tertiary/aromatic N) is 3. The van der Waals surface area contributed by atoms with Gasteiger partial charge in [0.25, 0.3) is 0 Å². The maximum absolute atomic E-state index is 12.8. The zero-order chi connectivity index (χ0) is 21.5. The van der Waals surface area contributed by atoms with Gasteiger partial charge >= 0.3 is 0 Å². The molecular weight excluding hydrogens is 376 g/mol. The van der Waals surface area contributed by atoms with Crippen molar-refractivity contribution in [2.45, 2.75) is 13.8 Å². The van der Waals surface area contributed by atoms with E-state index in [1.807, 2.05) is 85.3 Å². The third-order valence-electron chi connectivity index (χ3n) is 4.55.